The lowest BCUT2D eigenvalue weighted by molar-refractivity contribution is -0.360. The van der Waals surface area contributed by atoms with Crippen LogP contribution in [0.1, 0.15) is 31.0 Å². The van der Waals surface area contributed by atoms with Crippen LogP contribution in [0.2, 0.25) is 0 Å². The number of alkyl halides is 7. The molecule has 0 amide bonds. The Morgan fingerprint density at radius 1 is 0.947 bits per heavy atom. The lowest BCUT2D eigenvalue weighted by Gasteiger charge is -2.27. The Kier molecular flexibility index (Phi) is 3.84. The summed E-state index contributed by atoms with van der Waals surface area (Å²) in [6, 6.07) is 1.53. The Balaban J connectivity index is 3.20. The second-order valence-electron chi connectivity index (χ2n) is 4.28. The van der Waals surface area contributed by atoms with Gasteiger partial charge in [-0.05, 0) is 17.5 Å². The van der Waals surface area contributed by atoms with E-state index in [9.17, 15) is 30.7 Å². The van der Waals surface area contributed by atoms with Crippen LogP contribution in [0, 0.1) is 0 Å². The van der Waals surface area contributed by atoms with E-state index in [1.807, 2.05) is 0 Å². The molecule has 0 spiro atoms. The third-order valence-corrected chi connectivity index (χ3v) is 2.53. The number of nitrogens with zero attached hydrogens (tertiary/aromatic N) is 1. The van der Waals surface area contributed by atoms with Crippen LogP contribution in [0.25, 0.3) is 0 Å². The first-order chi connectivity index (χ1) is 8.41. The molecule has 0 fully saturated rings. The van der Waals surface area contributed by atoms with Gasteiger partial charge in [0.05, 0.1) is 0 Å². The Hall–Kier alpha value is -1.34. The van der Waals surface area contributed by atoms with Gasteiger partial charge < -0.3 is 0 Å². The second kappa shape index (κ2) is 4.64. The van der Waals surface area contributed by atoms with Crippen LogP contribution >= 0.6 is 0 Å². The minimum absolute atomic E-state index is 0.113. The molecule has 19 heavy (non-hydrogen) atoms. The Labute approximate surface area is 104 Å². The summed E-state index contributed by atoms with van der Waals surface area (Å²) in [5.41, 5.74) is -1.16. The van der Waals surface area contributed by atoms with Gasteiger partial charge in [0.1, 0.15) is 5.69 Å². The summed E-state index contributed by atoms with van der Waals surface area (Å²) in [4.78, 5) is 3.02. The van der Waals surface area contributed by atoms with Gasteiger partial charge in [0.25, 0.3) is 0 Å². The number of pyridine rings is 1. The topological polar surface area (TPSA) is 12.9 Å². The van der Waals surface area contributed by atoms with Gasteiger partial charge in [0.2, 0.25) is 0 Å². The van der Waals surface area contributed by atoms with E-state index in [1.165, 1.54) is 0 Å². The molecule has 8 heteroatoms. The average molecular weight is 289 g/mol. The first-order valence-corrected chi connectivity index (χ1v) is 5.20. The van der Waals surface area contributed by atoms with Crippen LogP contribution in [0.4, 0.5) is 30.7 Å². The van der Waals surface area contributed by atoms with E-state index in [0.717, 1.165) is 12.3 Å². The predicted octanol–water partition coefficient (Wildman–Crippen LogP) is 4.49. The molecule has 0 saturated carbocycles. The number of halogens is 7. The van der Waals surface area contributed by atoms with Crippen LogP contribution in [-0.4, -0.2) is 17.1 Å². The van der Waals surface area contributed by atoms with Crippen molar-refractivity contribution in [3.05, 3.63) is 29.6 Å². The molecule has 0 aliphatic carbocycles. The second-order valence-corrected chi connectivity index (χ2v) is 4.28. The fourth-order valence-electron chi connectivity index (χ4n) is 1.27. The maximum absolute atomic E-state index is 13.2. The highest BCUT2D eigenvalue weighted by molar-refractivity contribution is 5.21. The van der Waals surface area contributed by atoms with Gasteiger partial charge >= 0.3 is 18.0 Å². The van der Waals surface area contributed by atoms with Crippen molar-refractivity contribution in [1.29, 1.82) is 0 Å². The van der Waals surface area contributed by atoms with Crippen molar-refractivity contribution in [2.45, 2.75) is 37.8 Å². The van der Waals surface area contributed by atoms with E-state index in [4.69, 9.17) is 0 Å². The molecule has 0 bridgehead atoms. The highest BCUT2D eigenvalue weighted by Crippen LogP contribution is 2.51. The van der Waals surface area contributed by atoms with Gasteiger partial charge in [-0.2, -0.15) is 30.7 Å². The van der Waals surface area contributed by atoms with E-state index in [0.29, 0.717) is 11.6 Å². The van der Waals surface area contributed by atoms with Crippen molar-refractivity contribution in [1.82, 2.24) is 4.98 Å². The first-order valence-electron chi connectivity index (χ1n) is 5.20. The summed E-state index contributed by atoms with van der Waals surface area (Å²) in [5, 5.41) is 0. The molecule has 0 aliphatic heterocycles. The van der Waals surface area contributed by atoms with Crippen molar-refractivity contribution >= 4 is 0 Å². The molecule has 0 radical (unpaired) electrons. The quantitative estimate of drug-likeness (QED) is 0.747. The van der Waals surface area contributed by atoms with Gasteiger partial charge in [0.15, 0.2) is 0 Å². The summed E-state index contributed by atoms with van der Waals surface area (Å²) in [6.07, 6.45) is -5.49. The molecule has 0 saturated heterocycles. The molecule has 0 N–H and O–H groups in total. The minimum Gasteiger partial charge on any atom is -0.254 e. The largest absolute Gasteiger partial charge is 0.460 e. The van der Waals surface area contributed by atoms with Crippen LogP contribution in [0.15, 0.2) is 18.3 Å². The summed E-state index contributed by atoms with van der Waals surface area (Å²) < 4.78 is 87.8. The van der Waals surface area contributed by atoms with Gasteiger partial charge in [-0.3, -0.25) is 4.98 Å². The summed E-state index contributed by atoms with van der Waals surface area (Å²) in [7, 11) is 0. The monoisotopic (exact) mass is 289 g/mol. The molecule has 1 aromatic rings. The Morgan fingerprint density at radius 2 is 1.47 bits per heavy atom. The molecule has 1 heterocycles. The third kappa shape index (κ3) is 2.66. The van der Waals surface area contributed by atoms with Crippen molar-refractivity contribution in [3.63, 3.8) is 0 Å². The zero-order valence-corrected chi connectivity index (χ0v) is 9.90. The van der Waals surface area contributed by atoms with Crippen molar-refractivity contribution in [3.8, 4) is 0 Å². The minimum atomic E-state index is -6.35. The highest BCUT2D eigenvalue weighted by atomic mass is 19.4. The van der Waals surface area contributed by atoms with E-state index in [-0.39, 0.29) is 5.92 Å². The van der Waals surface area contributed by atoms with E-state index >= 15 is 0 Å². The van der Waals surface area contributed by atoms with Crippen LogP contribution < -0.4 is 0 Å². The zero-order chi connectivity index (χ0) is 15.1. The molecule has 1 rings (SSSR count). The van der Waals surface area contributed by atoms with E-state index in [1.54, 1.807) is 13.8 Å². The zero-order valence-electron chi connectivity index (χ0n) is 9.90. The van der Waals surface area contributed by atoms with Gasteiger partial charge in [-0.15, -0.1) is 0 Å². The fourth-order valence-corrected chi connectivity index (χ4v) is 1.27. The normalized spacial score (nSPS) is 14.0. The standard InChI is InChI=1S/C11H10F7N/c1-6(2)7-3-4-8(19-5-7)9(12,13)10(14,15)11(16,17)18/h3-6H,1-2H3. The summed E-state index contributed by atoms with van der Waals surface area (Å²) >= 11 is 0. The Morgan fingerprint density at radius 3 is 1.79 bits per heavy atom. The maximum Gasteiger partial charge on any atom is 0.460 e. The lowest BCUT2D eigenvalue weighted by Crippen LogP contribution is -2.50. The molecule has 0 aromatic carbocycles. The Bertz CT molecular complexity index is 433. The van der Waals surface area contributed by atoms with Crippen molar-refractivity contribution in [2.75, 3.05) is 0 Å². The molecular formula is C11H10F7N. The number of hydrogen-bond acceptors (Lipinski definition) is 1. The number of rotatable bonds is 3. The van der Waals surface area contributed by atoms with Crippen LogP contribution in [-0.2, 0) is 5.92 Å². The highest BCUT2D eigenvalue weighted by Gasteiger charge is 2.74. The summed E-state index contributed by atoms with van der Waals surface area (Å²) in [6.45, 7) is 3.39. The summed E-state index contributed by atoms with van der Waals surface area (Å²) in [5.74, 6) is -11.7. The average Bonchev–Trinajstić information content (AvgIpc) is 2.27. The molecule has 1 aromatic heterocycles. The molecular weight excluding hydrogens is 279 g/mol. The predicted molar refractivity (Wildman–Crippen MR) is 53.2 cm³/mol. The van der Waals surface area contributed by atoms with Crippen LogP contribution in [0.3, 0.4) is 0 Å². The molecule has 0 unspecified atom stereocenters. The van der Waals surface area contributed by atoms with E-state index < -0.39 is 23.7 Å². The van der Waals surface area contributed by atoms with Gasteiger partial charge in [-0.1, -0.05) is 19.9 Å². The third-order valence-electron chi connectivity index (χ3n) is 2.53. The van der Waals surface area contributed by atoms with Crippen molar-refractivity contribution in [2.24, 2.45) is 0 Å². The fraction of sp³-hybridized carbons (Fsp3) is 0.545. The van der Waals surface area contributed by atoms with E-state index in [2.05, 4.69) is 4.98 Å². The molecule has 108 valence electrons. The van der Waals surface area contributed by atoms with Crippen LogP contribution in [0.5, 0.6) is 0 Å². The number of aromatic nitrogens is 1. The number of hydrogen-bond donors (Lipinski definition) is 0. The van der Waals surface area contributed by atoms with Gasteiger partial charge in [0, 0.05) is 6.20 Å². The molecule has 1 nitrogen and oxygen atoms in total. The molecule has 0 aliphatic rings. The smallest absolute Gasteiger partial charge is 0.254 e. The molecule has 0 atom stereocenters. The SMILES string of the molecule is CC(C)c1ccc(C(F)(F)C(F)(F)C(F)(F)F)nc1. The first kappa shape index (κ1) is 15.7. The van der Waals surface area contributed by atoms with Gasteiger partial charge in [-0.25, -0.2) is 0 Å². The van der Waals surface area contributed by atoms with Crippen molar-refractivity contribution < 1.29 is 30.7 Å². The lowest BCUT2D eigenvalue weighted by atomic mass is 10.0. The maximum atomic E-state index is 13.2.